The lowest BCUT2D eigenvalue weighted by atomic mass is 10.1. The molecule has 6 nitrogen and oxygen atoms in total. The normalized spacial score (nSPS) is 10.8. The van der Waals surface area contributed by atoms with Crippen LogP contribution in [0.3, 0.4) is 0 Å². The van der Waals surface area contributed by atoms with Crippen molar-refractivity contribution >= 4 is 21.8 Å². The van der Waals surface area contributed by atoms with Gasteiger partial charge in [-0.15, -0.1) is 0 Å². The second-order valence-corrected chi connectivity index (χ2v) is 7.91. The van der Waals surface area contributed by atoms with Crippen molar-refractivity contribution in [3.63, 3.8) is 0 Å². The van der Waals surface area contributed by atoms with Gasteiger partial charge in [0.2, 0.25) is 0 Å². The predicted octanol–water partition coefficient (Wildman–Crippen LogP) is 3.51. The fourth-order valence-corrected chi connectivity index (χ4v) is 3.49. The van der Waals surface area contributed by atoms with Crippen LogP contribution in [-0.2, 0) is 13.2 Å². The third kappa shape index (κ3) is 5.60. The molecule has 168 valence electrons. The van der Waals surface area contributed by atoms with E-state index >= 15 is 0 Å². The summed E-state index contributed by atoms with van der Waals surface area (Å²) in [6.45, 7) is 2.65. The maximum atomic E-state index is 13.8. The van der Waals surface area contributed by atoms with E-state index in [9.17, 15) is 18.4 Å². The van der Waals surface area contributed by atoms with Crippen molar-refractivity contribution in [1.29, 1.82) is 0 Å². The molecule has 32 heavy (non-hydrogen) atoms. The van der Waals surface area contributed by atoms with Crippen molar-refractivity contribution in [2.24, 2.45) is 5.73 Å². The summed E-state index contributed by atoms with van der Waals surface area (Å²) in [5.41, 5.74) is 7.22. The Bertz CT molecular complexity index is 1180. The van der Waals surface area contributed by atoms with Crippen LogP contribution < -0.4 is 21.3 Å². The van der Waals surface area contributed by atoms with Gasteiger partial charge in [-0.2, -0.15) is 0 Å². The minimum atomic E-state index is -0.716. The van der Waals surface area contributed by atoms with Crippen molar-refractivity contribution < 1.29 is 18.3 Å². The molecule has 0 bridgehead atoms. The molecule has 0 radical (unpaired) electrons. The highest BCUT2D eigenvalue weighted by Crippen LogP contribution is 2.24. The van der Waals surface area contributed by atoms with Crippen molar-refractivity contribution in [3.8, 4) is 5.75 Å². The number of nitrogens with one attached hydrogen (secondary N) is 1. The molecule has 0 saturated heterocycles. The second-order valence-electron chi connectivity index (χ2n) is 7.12. The molecule has 1 amide bonds. The number of nitrogens with two attached hydrogens (primary N) is 1. The number of ether oxygens (including phenoxy) is 1. The average molecular weight is 506 g/mol. The zero-order valence-electron chi connectivity index (χ0n) is 17.3. The maximum Gasteiger partial charge on any atom is 0.269 e. The molecule has 2 aromatic carbocycles. The molecule has 0 spiro atoms. The zero-order chi connectivity index (χ0) is 23.3. The largest absolute Gasteiger partial charge is 0.487 e. The van der Waals surface area contributed by atoms with Crippen LogP contribution in [0.2, 0.25) is 0 Å². The van der Waals surface area contributed by atoms with Crippen LogP contribution in [-0.4, -0.2) is 23.6 Å². The third-order valence-corrected chi connectivity index (χ3v) is 5.53. The molecule has 0 fully saturated rings. The molecule has 0 aliphatic carbocycles. The minimum absolute atomic E-state index is 0.151. The van der Waals surface area contributed by atoms with E-state index in [-0.39, 0.29) is 33.9 Å². The fraction of sp³-hybridized carbons (Fsp3) is 0.217. The summed E-state index contributed by atoms with van der Waals surface area (Å²) in [5, 5.41) is 2.70. The molecule has 9 heteroatoms. The minimum Gasteiger partial charge on any atom is -0.487 e. The molecular weight excluding hydrogens is 484 g/mol. The molecule has 0 saturated carbocycles. The Hall–Kier alpha value is -3.04. The van der Waals surface area contributed by atoms with Crippen LogP contribution in [0.5, 0.6) is 5.75 Å². The number of hydrogen-bond acceptors (Lipinski definition) is 4. The van der Waals surface area contributed by atoms with Crippen molar-refractivity contribution in [2.45, 2.75) is 20.1 Å². The average Bonchev–Trinajstić information content (AvgIpc) is 2.78. The molecule has 3 rings (SSSR count). The first kappa shape index (κ1) is 23.6. The van der Waals surface area contributed by atoms with Crippen LogP contribution in [0.25, 0.3) is 0 Å². The Balaban J connectivity index is 1.75. The van der Waals surface area contributed by atoms with Crippen molar-refractivity contribution in [1.82, 2.24) is 9.88 Å². The quantitative estimate of drug-likeness (QED) is 0.490. The van der Waals surface area contributed by atoms with Gasteiger partial charge in [-0.3, -0.25) is 9.59 Å². The Morgan fingerprint density at radius 2 is 1.88 bits per heavy atom. The van der Waals surface area contributed by atoms with E-state index in [1.807, 2.05) is 0 Å². The van der Waals surface area contributed by atoms with E-state index in [1.54, 1.807) is 41.8 Å². The van der Waals surface area contributed by atoms with E-state index in [4.69, 9.17) is 10.5 Å². The summed E-state index contributed by atoms with van der Waals surface area (Å²) >= 11 is 3.26. The standard InChI is InChI=1S/C23H22BrF2N3O3/c1-14-10-20(32-13-17-6-7-18(25)11-19(17)26)21(24)23(31)29(14)12-15-2-4-16(5-3-15)22(30)28-9-8-27/h2-7,10-11H,8-9,12-13,27H2,1H3,(H,28,30). The van der Waals surface area contributed by atoms with Gasteiger partial charge < -0.3 is 20.4 Å². The molecule has 1 heterocycles. The van der Waals surface area contributed by atoms with Crippen molar-refractivity contribution in [2.75, 3.05) is 13.1 Å². The lowest BCUT2D eigenvalue weighted by molar-refractivity contribution is 0.0954. The van der Waals surface area contributed by atoms with Gasteiger partial charge in [0.05, 0.1) is 6.54 Å². The molecular formula is C23H22BrF2N3O3. The maximum absolute atomic E-state index is 13.8. The van der Waals surface area contributed by atoms with Gasteiger partial charge in [0.25, 0.3) is 11.5 Å². The number of hydrogen-bond donors (Lipinski definition) is 2. The predicted molar refractivity (Wildman–Crippen MR) is 121 cm³/mol. The monoisotopic (exact) mass is 505 g/mol. The summed E-state index contributed by atoms with van der Waals surface area (Å²) in [6.07, 6.45) is 0. The number of aromatic nitrogens is 1. The fourth-order valence-electron chi connectivity index (χ4n) is 3.04. The number of pyridine rings is 1. The molecule has 3 N–H and O–H groups in total. The van der Waals surface area contributed by atoms with Crippen molar-refractivity contribution in [3.05, 3.63) is 97.4 Å². The van der Waals surface area contributed by atoms with Gasteiger partial charge in [0.1, 0.15) is 28.5 Å². The molecule has 0 aliphatic heterocycles. The highest BCUT2D eigenvalue weighted by molar-refractivity contribution is 9.10. The van der Waals surface area contributed by atoms with E-state index in [1.165, 1.54) is 6.07 Å². The van der Waals surface area contributed by atoms with Gasteiger partial charge >= 0.3 is 0 Å². The van der Waals surface area contributed by atoms with Crippen LogP contribution in [0.15, 0.2) is 57.8 Å². The number of amides is 1. The van der Waals surface area contributed by atoms with Gasteiger partial charge in [-0.05, 0) is 52.7 Å². The number of nitrogens with zero attached hydrogens (tertiary/aromatic N) is 1. The SMILES string of the molecule is Cc1cc(OCc2ccc(F)cc2F)c(Br)c(=O)n1Cc1ccc(C(=O)NCCN)cc1. The molecule has 0 atom stereocenters. The number of benzene rings is 2. The van der Waals surface area contributed by atoms with Crippen LogP contribution in [0, 0.1) is 18.6 Å². The Morgan fingerprint density at radius 3 is 2.53 bits per heavy atom. The number of rotatable bonds is 8. The van der Waals surface area contributed by atoms with Gasteiger partial charge in [-0.25, -0.2) is 8.78 Å². The molecule has 0 aliphatic rings. The van der Waals surface area contributed by atoms with Gasteiger partial charge in [0, 0.05) is 42.0 Å². The number of carbonyl (C=O) groups is 1. The molecule has 1 aromatic heterocycles. The van der Waals surface area contributed by atoms with E-state index in [0.717, 1.165) is 17.7 Å². The molecule has 0 unspecified atom stereocenters. The molecule has 3 aromatic rings. The lowest BCUT2D eigenvalue weighted by Gasteiger charge is -2.15. The zero-order valence-corrected chi connectivity index (χ0v) is 18.9. The topological polar surface area (TPSA) is 86.3 Å². The Kier molecular flexibility index (Phi) is 7.76. The summed E-state index contributed by atoms with van der Waals surface area (Å²) in [5.74, 6) is -1.34. The summed E-state index contributed by atoms with van der Waals surface area (Å²) < 4.78 is 34.2. The van der Waals surface area contributed by atoms with E-state index in [0.29, 0.717) is 30.9 Å². The summed E-state index contributed by atoms with van der Waals surface area (Å²) in [6, 6.07) is 11.8. The number of halogens is 3. The Labute approximate surface area is 192 Å². The van der Waals surface area contributed by atoms with Crippen LogP contribution >= 0.6 is 15.9 Å². The number of carbonyl (C=O) groups excluding carboxylic acids is 1. The third-order valence-electron chi connectivity index (χ3n) is 4.80. The first-order valence-corrected chi connectivity index (χ1v) is 10.6. The highest BCUT2D eigenvalue weighted by atomic mass is 79.9. The summed E-state index contributed by atoms with van der Waals surface area (Å²) in [7, 11) is 0. The first-order valence-electron chi connectivity index (χ1n) is 9.84. The smallest absolute Gasteiger partial charge is 0.269 e. The second kappa shape index (κ2) is 10.5. The Morgan fingerprint density at radius 1 is 1.16 bits per heavy atom. The van der Waals surface area contributed by atoms with Gasteiger partial charge in [0.15, 0.2) is 0 Å². The summed E-state index contributed by atoms with van der Waals surface area (Å²) in [4.78, 5) is 24.8. The van der Waals surface area contributed by atoms with Gasteiger partial charge in [-0.1, -0.05) is 12.1 Å². The van der Waals surface area contributed by atoms with E-state index < -0.39 is 11.6 Å². The van der Waals surface area contributed by atoms with Crippen LogP contribution in [0.1, 0.15) is 27.2 Å². The number of aryl methyl sites for hydroxylation is 1. The first-order chi connectivity index (χ1) is 15.3. The van der Waals surface area contributed by atoms with Crippen LogP contribution in [0.4, 0.5) is 8.78 Å². The van der Waals surface area contributed by atoms with E-state index in [2.05, 4.69) is 21.2 Å². The lowest BCUT2D eigenvalue weighted by Crippen LogP contribution is -2.29. The highest BCUT2D eigenvalue weighted by Gasteiger charge is 2.14.